The van der Waals surface area contributed by atoms with E-state index in [1.54, 1.807) is 0 Å². The SMILES string of the molecule is CC1CCC(CCNC(=O)N2CSC[C@H]2C(=O)O)CC1. The highest BCUT2D eigenvalue weighted by Crippen LogP contribution is 2.30. The maximum absolute atomic E-state index is 12.0. The molecule has 2 rings (SSSR count). The lowest BCUT2D eigenvalue weighted by atomic mass is 9.81. The summed E-state index contributed by atoms with van der Waals surface area (Å²) < 4.78 is 0. The zero-order chi connectivity index (χ0) is 14.5. The van der Waals surface area contributed by atoms with E-state index in [2.05, 4.69) is 12.2 Å². The molecule has 20 heavy (non-hydrogen) atoms. The van der Waals surface area contributed by atoms with Crippen molar-refractivity contribution in [2.45, 2.75) is 45.1 Å². The van der Waals surface area contributed by atoms with E-state index in [4.69, 9.17) is 5.11 Å². The third kappa shape index (κ3) is 4.04. The number of rotatable bonds is 4. The second kappa shape index (κ2) is 7.20. The normalized spacial score (nSPS) is 30.2. The Bertz CT molecular complexity index is 356. The third-order valence-electron chi connectivity index (χ3n) is 4.39. The molecule has 114 valence electrons. The van der Waals surface area contributed by atoms with Crippen LogP contribution in [0, 0.1) is 11.8 Å². The van der Waals surface area contributed by atoms with E-state index in [1.807, 2.05) is 0 Å². The number of aliphatic carboxylic acids is 1. The molecule has 1 aliphatic heterocycles. The van der Waals surface area contributed by atoms with Crippen LogP contribution in [-0.4, -0.2) is 46.2 Å². The van der Waals surface area contributed by atoms with Crippen LogP contribution >= 0.6 is 11.8 Å². The van der Waals surface area contributed by atoms with Gasteiger partial charge in [0.1, 0.15) is 6.04 Å². The minimum atomic E-state index is -0.911. The van der Waals surface area contributed by atoms with Crippen LogP contribution in [0.2, 0.25) is 0 Å². The van der Waals surface area contributed by atoms with Gasteiger partial charge in [0.2, 0.25) is 0 Å². The van der Waals surface area contributed by atoms with Crippen molar-refractivity contribution in [3.63, 3.8) is 0 Å². The number of nitrogens with one attached hydrogen (secondary N) is 1. The number of amides is 2. The molecule has 6 heteroatoms. The summed E-state index contributed by atoms with van der Waals surface area (Å²) >= 11 is 1.49. The lowest BCUT2D eigenvalue weighted by Crippen LogP contribution is -2.47. The Morgan fingerprint density at radius 3 is 2.65 bits per heavy atom. The molecule has 2 amide bonds. The number of carboxylic acid groups (broad SMARTS) is 1. The molecule has 0 aromatic carbocycles. The first-order chi connectivity index (χ1) is 9.58. The minimum absolute atomic E-state index is 0.230. The molecule has 5 nitrogen and oxygen atoms in total. The molecule has 0 bridgehead atoms. The Morgan fingerprint density at radius 2 is 2.00 bits per heavy atom. The first-order valence-electron chi connectivity index (χ1n) is 7.43. The molecule has 2 aliphatic rings. The van der Waals surface area contributed by atoms with Crippen LogP contribution in [0.5, 0.6) is 0 Å². The number of nitrogens with zero attached hydrogens (tertiary/aromatic N) is 1. The van der Waals surface area contributed by atoms with Crippen LogP contribution in [0.15, 0.2) is 0 Å². The molecule has 0 aromatic heterocycles. The van der Waals surface area contributed by atoms with Crippen molar-refractivity contribution in [3.05, 3.63) is 0 Å². The Hall–Kier alpha value is -0.910. The van der Waals surface area contributed by atoms with E-state index in [0.717, 1.165) is 18.3 Å². The number of urea groups is 1. The summed E-state index contributed by atoms with van der Waals surface area (Å²) in [6.07, 6.45) is 6.12. The average molecular weight is 300 g/mol. The van der Waals surface area contributed by atoms with Gasteiger partial charge in [0.25, 0.3) is 0 Å². The molecule has 0 aromatic rings. The molecule has 2 N–H and O–H groups in total. The average Bonchev–Trinajstić information content (AvgIpc) is 2.90. The third-order valence-corrected chi connectivity index (χ3v) is 5.40. The lowest BCUT2D eigenvalue weighted by molar-refractivity contribution is -0.140. The predicted molar refractivity (Wildman–Crippen MR) is 79.7 cm³/mol. The van der Waals surface area contributed by atoms with E-state index < -0.39 is 12.0 Å². The summed E-state index contributed by atoms with van der Waals surface area (Å²) in [5.41, 5.74) is 0. The molecule has 1 saturated carbocycles. The van der Waals surface area contributed by atoms with E-state index in [9.17, 15) is 9.59 Å². The molecule has 1 atom stereocenters. The number of thioether (sulfide) groups is 1. The van der Waals surface area contributed by atoms with Gasteiger partial charge in [-0.15, -0.1) is 11.8 Å². The highest BCUT2D eigenvalue weighted by Gasteiger charge is 2.34. The molecule has 1 heterocycles. The van der Waals surface area contributed by atoms with Crippen molar-refractivity contribution < 1.29 is 14.7 Å². The fraction of sp³-hybridized carbons (Fsp3) is 0.857. The van der Waals surface area contributed by atoms with E-state index in [-0.39, 0.29) is 6.03 Å². The predicted octanol–water partition coefficient (Wildman–Crippen LogP) is 2.37. The smallest absolute Gasteiger partial charge is 0.327 e. The maximum Gasteiger partial charge on any atom is 0.327 e. The van der Waals surface area contributed by atoms with E-state index >= 15 is 0 Å². The Labute approximate surface area is 124 Å². The summed E-state index contributed by atoms with van der Waals surface area (Å²) in [4.78, 5) is 24.5. The zero-order valence-corrected chi connectivity index (χ0v) is 12.8. The lowest BCUT2D eigenvalue weighted by Gasteiger charge is -2.26. The minimum Gasteiger partial charge on any atom is -0.480 e. The fourth-order valence-electron chi connectivity index (χ4n) is 2.95. The Morgan fingerprint density at radius 1 is 1.30 bits per heavy atom. The van der Waals surface area contributed by atoms with Gasteiger partial charge in [0.05, 0.1) is 5.88 Å². The standard InChI is InChI=1S/C14H24N2O3S/c1-10-2-4-11(5-3-10)6-7-15-14(19)16-9-20-8-12(16)13(17)18/h10-12H,2-9H2,1H3,(H,15,19)(H,17,18)/t10?,11?,12-/m0/s1. The molecule has 0 unspecified atom stereocenters. The van der Waals surface area contributed by atoms with Crippen LogP contribution in [0.1, 0.15) is 39.0 Å². The van der Waals surface area contributed by atoms with Gasteiger partial charge in [-0.2, -0.15) is 0 Å². The summed E-state index contributed by atoms with van der Waals surface area (Å²) in [6.45, 7) is 2.96. The van der Waals surface area contributed by atoms with Gasteiger partial charge in [-0.1, -0.05) is 32.6 Å². The molecular formula is C14H24N2O3S. The summed E-state index contributed by atoms with van der Waals surface area (Å²) in [5.74, 6) is 1.62. The number of hydrogen-bond donors (Lipinski definition) is 2. The van der Waals surface area contributed by atoms with Gasteiger partial charge in [-0.05, 0) is 18.3 Å². The van der Waals surface area contributed by atoms with Crippen LogP contribution in [0.25, 0.3) is 0 Å². The fourth-order valence-corrected chi connectivity index (χ4v) is 4.10. The Balaban J connectivity index is 1.68. The van der Waals surface area contributed by atoms with Crippen molar-refractivity contribution in [1.29, 1.82) is 0 Å². The summed E-state index contributed by atoms with van der Waals surface area (Å²) in [7, 11) is 0. The number of carbonyl (C=O) groups is 2. The molecule has 0 radical (unpaired) electrons. The van der Waals surface area contributed by atoms with Gasteiger partial charge in [-0.25, -0.2) is 9.59 Å². The van der Waals surface area contributed by atoms with Crippen molar-refractivity contribution in [2.75, 3.05) is 18.2 Å². The second-order valence-electron chi connectivity index (χ2n) is 5.97. The monoisotopic (exact) mass is 300 g/mol. The van der Waals surface area contributed by atoms with Gasteiger partial charge in [-0.3, -0.25) is 0 Å². The molecule has 0 spiro atoms. The van der Waals surface area contributed by atoms with Crippen LogP contribution in [0.3, 0.4) is 0 Å². The first-order valence-corrected chi connectivity index (χ1v) is 8.58. The highest BCUT2D eigenvalue weighted by molar-refractivity contribution is 7.99. The van der Waals surface area contributed by atoms with Gasteiger partial charge >= 0.3 is 12.0 Å². The van der Waals surface area contributed by atoms with Gasteiger partial charge in [0, 0.05) is 12.3 Å². The van der Waals surface area contributed by atoms with Crippen LogP contribution < -0.4 is 5.32 Å². The van der Waals surface area contributed by atoms with Crippen molar-refractivity contribution >= 4 is 23.8 Å². The molecule has 1 aliphatic carbocycles. The quantitative estimate of drug-likeness (QED) is 0.836. The molecule has 1 saturated heterocycles. The first kappa shape index (κ1) is 15.5. The topological polar surface area (TPSA) is 69.6 Å². The van der Waals surface area contributed by atoms with Crippen molar-refractivity contribution in [2.24, 2.45) is 11.8 Å². The van der Waals surface area contributed by atoms with Crippen LogP contribution in [0.4, 0.5) is 4.79 Å². The maximum atomic E-state index is 12.0. The van der Waals surface area contributed by atoms with E-state index in [1.165, 1.54) is 42.3 Å². The largest absolute Gasteiger partial charge is 0.480 e. The van der Waals surface area contributed by atoms with Gasteiger partial charge < -0.3 is 15.3 Å². The van der Waals surface area contributed by atoms with Crippen LogP contribution in [-0.2, 0) is 4.79 Å². The highest BCUT2D eigenvalue weighted by atomic mass is 32.2. The van der Waals surface area contributed by atoms with Gasteiger partial charge in [0.15, 0.2) is 0 Å². The molecule has 2 fully saturated rings. The summed E-state index contributed by atoms with van der Waals surface area (Å²) in [6, 6.07) is -0.901. The Kier molecular flexibility index (Phi) is 5.57. The number of carboxylic acids is 1. The number of carbonyl (C=O) groups excluding carboxylic acids is 1. The number of hydrogen-bond acceptors (Lipinski definition) is 3. The van der Waals surface area contributed by atoms with Crippen molar-refractivity contribution in [3.8, 4) is 0 Å². The van der Waals surface area contributed by atoms with E-state index in [0.29, 0.717) is 18.2 Å². The molecular weight excluding hydrogens is 276 g/mol. The zero-order valence-electron chi connectivity index (χ0n) is 12.0. The second-order valence-corrected chi connectivity index (χ2v) is 6.97. The van der Waals surface area contributed by atoms with Crippen molar-refractivity contribution in [1.82, 2.24) is 10.2 Å². The summed E-state index contributed by atoms with van der Waals surface area (Å²) in [5, 5.41) is 11.9.